The lowest BCUT2D eigenvalue weighted by molar-refractivity contribution is -0.494. The summed E-state index contributed by atoms with van der Waals surface area (Å²) in [6.45, 7) is 4.25. The Labute approximate surface area is 94.1 Å². The molecule has 0 fully saturated rings. The van der Waals surface area contributed by atoms with Crippen LogP contribution < -0.4 is 0 Å². The van der Waals surface area contributed by atoms with E-state index >= 15 is 0 Å². The summed E-state index contributed by atoms with van der Waals surface area (Å²) in [5, 5.41) is 10.5. The number of esters is 1. The highest BCUT2D eigenvalue weighted by molar-refractivity contribution is 5.87. The van der Waals surface area contributed by atoms with Gasteiger partial charge >= 0.3 is 5.97 Å². The van der Waals surface area contributed by atoms with Crippen LogP contribution in [0, 0.1) is 15.5 Å². The number of carbonyl (C=O) groups is 2. The zero-order valence-electron chi connectivity index (χ0n) is 9.82. The normalized spacial score (nSPS) is 13.9. The van der Waals surface area contributed by atoms with E-state index in [2.05, 4.69) is 0 Å². The quantitative estimate of drug-likeness (QED) is 0.373. The zero-order chi connectivity index (χ0) is 12.8. The smallest absolute Gasteiger partial charge is 0.307 e. The molecule has 0 aromatic heterocycles. The Morgan fingerprint density at radius 2 is 1.94 bits per heavy atom. The molecule has 0 saturated carbocycles. The summed E-state index contributed by atoms with van der Waals surface area (Å²) < 4.78 is 4.72. The van der Waals surface area contributed by atoms with Crippen molar-refractivity contribution in [1.82, 2.24) is 0 Å². The van der Waals surface area contributed by atoms with Crippen molar-refractivity contribution >= 4 is 11.8 Å². The molecule has 0 aromatic carbocycles. The molecule has 92 valence electrons. The molecule has 0 bridgehead atoms. The average Bonchev–Trinajstić information content (AvgIpc) is 2.15. The molecule has 0 N–H and O–H groups in total. The summed E-state index contributed by atoms with van der Waals surface area (Å²) in [6.07, 6.45) is 0.0236. The molecule has 0 radical (unpaired) electrons. The fourth-order valence-corrected chi connectivity index (χ4v) is 1.51. The fourth-order valence-electron chi connectivity index (χ4n) is 1.51. The number of ether oxygens (including phenoxy) is 1. The number of nitro groups is 1. The summed E-state index contributed by atoms with van der Waals surface area (Å²) in [5.41, 5.74) is -1.23. The van der Waals surface area contributed by atoms with Crippen molar-refractivity contribution in [2.75, 3.05) is 13.2 Å². The van der Waals surface area contributed by atoms with E-state index in [-0.39, 0.29) is 25.2 Å². The molecule has 0 aliphatic heterocycles. The number of nitrogens with zero attached hydrogens (tertiary/aromatic N) is 1. The van der Waals surface area contributed by atoms with Gasteiger partial charge < -0.3 is 4.74 Å². The van der Waals surface area contributed by atoms with Gasteiger partial charge in [0.15, 0.2) is 0 Å². The first kappa shape index (κ1) is 14.5. The molecule has 6 heteroatoms. The summed E-state index contributed by atoms with van der Waals surface area (Å²) in [5.74, 6) is -0.916. The average molecular weight is 231 g/mol. The minimum absolute atomic E-state index is 0.203. The van der Waals surface area contributed by atoms with Gasteiger partial charge in [-0.05, 0) is 20.3 Å². The molecule has 6 nitrogen and oxygen atoms in total. The van der Waals surface area contributed by atoms with E-state index in [1.54, 1.807) is 13.8 Å². The van der Waals surface area contributed by atoms with Gasteiger partial charge in [-0.25, -0.2) is 0 Å². The molecular weight excluding hydrogens is 214 g/mol. The third-order valence-corrected chi connectivity index (χ3v) is 2.64. The lowest BCUT2D eigenvalue weighted by atomic mass is 9.78. The molecule has 16 heavy (non-hydrogen) atoms. The third kappa shape index (κ3) is 3.96. The van der Waals surface area contributed by atoms with E-state index in [4.69, 9.17) is 4.74 Å². The van der Waals surface area contributed by atoms with Crippen LogP contribution in [0.5, 0.6) is 0 Å². The molecule has 0 amide bonds. The van der Waals surface area contributed by atoms with Gasteiger partial charge in [0.25, 0.3) is 0 Å². The first-order valence-corrected chi connectivity index (χ1v) is 5.16. The maximum Gasteiger partial charge on any atom is 0.307 e. The maximum absolute atomic E-state index is 11.5. The molecule has 0 heterocycles. The van der Waals surface area contributed by atoms with Crippen LogP contribution in [-0.2, 0) is 14.3 Å². The number of hydrogen-bond acceptors (Lipinski definition) is 5. The highest BCUT2D eigenvalue weighted by Crippen LogP contribution is 2.28. The van der Waals surface area contributed by atoms with Crippen LogP contribution in [0.1, 0.15) is 33.6 Å². The summed E-state index contributed by atoms with van der Waals surface area (Å²) >= 11 is 0. The fraction of sp³-hybridized carbons (Fsp3) is 0.800. The Morgan fingerprint density at radius 1 is 1.38 bits per heavy atom. The molecule has 0 saturated heterocycles. The number of hydrogen-bond donors (Lipinski definition) is 0. The highest BCUT2D eigenvalue weighted by Gasteiger charge is 2.41. The highest BCUT2D eigenvalue weighted by atomic mass is 16.6. The number of ketones is 1. The second-order valence-electron chi connectivity index (χ2n) is 3.66. The summed E-state index contributed by atoms with van der Waals surface area (Å²) in [7, 11) is 0. The van der Waals surface area contributed by atoms with Gasteiger partial charge in [-0.3, -0.25) is 19.7 Å². The number of Topliss-reactive ketones (excluding diaryl/α,β-unsaturated/α-hetero) is 1. The Bertz CT molecular complexity index is 289. The van der Waals surface area contributed by atoms with E-state index in [9.17, 15) is 19.7 Å². The van der Waals surface area contributed by atoms with Crippen molar-refractivity contribution in [2.24, 2.45) is 5.41 Å². The Morgan fingerprint density at radius 3 is 2.25 bits per heavy atom. The van der Waals surface area contributed by atoms with E-state index in [0.717, 1.165) is 0 Å². The molecule has 1 atom stereocenters. The molecule has 0 spiro atoms. The SMILES string of the molecule is CCOC(=O)CC(CC)(C[N+](=O)[O-])C(C)=O. The monoisotopic (exact) mass is 231 g/mol. The van der Waals surface area contributed by atoms with Crippen molar-refractivity contribution in [2.45, 2.75) is 33.6 Å². The topological polar surface area (TPSA) is 86.5 Å². The minimum atomic E-state index is -1.23. The third-order valence-electron chi connectivity index (χ3n) is 2.64. The van der Waals surface area contributed by atoms with Gasteiger partial charge in [0.2, 0.25) is 6.54 Å². The number of rotatable bonds is 7. The second-order valence-corrected chi connectivity index (χ2v) is 3.66. The van der Waals surface area contributed by atoms with Crippen molar-refractivity contribution in [3.63, 3.8) is 0 Å². The molecule has 0 aliphatic carbocycles. The zero-order valence-corrected chi connectivity index (χ0v) is 9.82. The van der Waals surface area contributed by atoms with Crippen LogP contribution >= 0.6 is 0 Å². The van der Waals surface area contributed by atoms with Crippen LogP contribution in [0.3, 0.4) is 0 Å². The van der Waals surface area contributed by atoms with E-state index in [0.29, 0.717) is 0 Å². The second kappa shape index (κ2) is 6.19. The summed E-state index contributed by atoms with van der Waals surface area (Å²) in [4.78, 5) is 32.7. The van der Waals surface area contributed by atoms with Crippen LogP contribution in [0.2, 0.25) is 0 Å². The predicted octanol–water partition coefficient (Wildman–Crippen LogP) is 1.20. The van der Waals surface area contributed by atoms with Gasteiger partial charge in [-0.15, -0.1) is 0 Å². The molecule has 0 aliphatic rings. The van der Waals surface area contributed by atoms with Gasteiger partial charge in [0.05, 0.1) is 13.0 Å². The largest absolute Gasteiger partial charge is 0.466 e. The van der Waals surface area contributed by atoms with Gasteiger partial charge in [0.1, 0.15) is 11.2 Å². The lowest BCUT2D eigenvalue weighted by Crippen LogP contribution is -2.38. The number of carbonyl (C=O) groups excluding carboxylic acids is 2. The van der Waals surface area contributed by atoms with E-state index in [1.807, 2.05) is 0 Å². The predicted molar refractivity (Wildman–Crippen MR) is 56.5 cm³/mol. The van der Waals surface area contributed by atoms with Crippen LogP contribution in [0.15, 0.2) is 0 Å². The van der Waals surface area contributed by atoms with Gasteiger partial charge in [0, 0.05) is 4.92 Å². The standard InChI is InChI=1S/C10H17NO5/c1-4-10(8(3)12,7-11(14)15)6-9(13)16-5-2/h4-7H2,1-3H3. The first-order chi connectivity index (χ1) is 7.38. The first-order valence-electron chi connectivity index (χ1n) is 5.16. The van der Waals surface area contributed by atoms with Crippen LogP contribution in [0.25, 0.3) is 0 Å². The Balaban J connectivity index is 4.83. The lowest BCUT2D eigenvalue weighted by Gasteiger charge is -2.24. The van der Waals surface area contributed by atoms with Crippen molar-refractivity contribution in [3.8, 4) is 0 Å². The molecule has 1 unspecified atom stereocenters. The van der Waals surface area contributed by atoms with Crippen LogP contribution in [0.4, 0.5) is 0 Å². The van der Waals surface area contributed by atoms with Crippen LogP contribution in [-0.4, -0.2) is 29.8 Å². The van der Waals surface area contributed by atoms with Crippen molar-refractivity contribution < 1.29 is 19.2 Å². The maximum atomic E-state index is 11.5. The Hall–Kier alpha value is -1.46. The van der Waals surface area contributed by atoms with E-state index in [1.165, 1.54) is 6.92 Å². The Kier molecular flexibility index (Phi) is 5.63. The minimum Gasteiger partial charge on any atom is -0.466 e. The van der Waals surface area contributed by atoms with Gasteiger partial charge in [-0.1, -0.05) is 6.92 Å². The molecule has 0 aromatic rings. The van der Waals surface area contributed by atoms with Crippen molar-refractivity contribution in [1.29, 1.82) is 0 Å². The van der Waals surface area contributed by atoms with Crippen molar-refractivity contribution in [3.05, 3.63) is 10.1 Å². The van der Waals surface area contributed by atoms with Gasteiger partial charge in [-0.2, -0.15) is 0 Å². The summed E-state index contributed by atoms with van der Waals surface area (Å²) in [6, 6.07) is 0. The molecular formula is C10H17NO5. The molecule has 0 rings (SSSR count). The van der Waals surface area contributed by atoms with E-state index < -0.39 is 22.9 Å².